The SMILES string of the molecule is [N-]=[N+]=NCCCNC(=O)c1ccc(OC(F)(F)F)cc1. The number of ether oxygens (including phenoxy) is 1. The molecule has 1 N–H and O–H groups in total. The first kappa shape index (κ1) is 15.6. The predicted molar refractivity (Wildman–Crippen MR) is 64.1 cm³/mol. The van der Waals surface area contributed by atoms with E-state index in [2.05, 4.69) is 20.1 Å². The van der Waals surface area contributed by atoms with Crippen LogP contribution in [0.25, 0.3) is 10.4 Å². The number of amides is 1. The van der Waals surface area contributed by atoms with E-state index in [1.165, 1.54) is 12.1 Å². The molecule has 0 saturated carbocycles. The van der Waals surface area contributed by atoms with E-state index < -0.39 is 18.0 Å². The van der Waals surface area contributed by atoms with Crippen LogP contribution >= 0.6 is 0 Å². The van der Waals surface area contributed by atoms with Crippen LogP contribution in [0.2, 0.25) is 0 Å². The average molecular weight is 288 g/mol. The summed E-state index contributed by atoms with van der Waals surface area (Å²) in [6, 6.07) is 4.57. The van der Waals surface area contributed by atoms with Crippen molar-refractivity contribution in [3.63, 3.8) is 0 Å². The van der Waals surface area contributed by atoms with Gasteiger partial charge in [-0.1, -0.05) is 5.11 Å². The molecular formula is C11H11F3N4O2. The van der Waals surface area contributed by atoms with E-state index >= 15 is 0 Å². The lowest BCUT2D eigenvalue weighted by Gasteiger charge is -2.09. The number of benzene rings is 1. The van der Waals surface area contributed by atoms with Crippen LogP contribution in [0.4, 0.5) is 13.2 Å². The number of hydrogen-bond acceptors (Lipinski definition) is 3. The standard InChI is InChI=1S/C11H11F3N4O2/c12-11(13,14)20-9-4-2-8(3-5-9)10(19)16-6-1-7-17-18-15/h2-5H,1,6-7H2,(H,16,19). The predicted octanol–water partition coefficient (Wildman–Crippen LogP) is 3.02. The lowest BCUT2D eigenvalue weighted by atomic mass is 10.2. The highest BCUT2D eigenvalue weighted by Crippen LogP contribution is 2.22. The van der Waals surface area contributed by atoms with E-state index in [0.29, 0.717) is 13.0 Å². The molecule has 0 aliphatic rings. The number of carbonyl (C=O) groups is 1. The fraction of sp³-hybridized carbons (Fsp3) is 0.364. The number of nitrogens with zero attached hydrogens (tertiary/aromatic N) is 3. The smallest absolute Gasteiger partial charge is 0.406 e. The Bertz CT molecular complexity index is 495. The minimum Gasteiger partial charge on any atom is -0.406 e. The minimum atomic E-state index is -4.76. The summed E-state index contributed by atoms with van der Waals surface area (Å²) >= 11 is 0. The van der Waals surface area contributed by atoms with E-state index in [4.69, 9.17) is 5.53 Å². The summed E-state index contributed by atoms with van der Waals surface area (Å²) in [5, 5.41) is 5.83. The van der Waals surface area contributed by atoms with Crippen LogP contribution in [0, 0.1) is 0 Å². The van der Waals surface area contributed by atoms with Gasteiger partial charge in [-0.3, -0.25) is 4.79 Å². The number of azide groups is 1. The maximum atomic E-state index is 11.9. The highest BCUT2D eigenvalue weighted by molar-refractivity contribution is 5.94. The zero-order chi connectivity index (χ0) is 15.0. The largest absolute Gasteiger partial charge is 0.573 e. The lowest BCUT2D eigenvalue weighted by molar-refractivity contribution is -0.274. The molecule has 20 heavy (non-hydrogen) atoms. The maximum absolute atomic E-state index is 11.9. The van der Waals surface area contributed by atoms with Gasteiger partial charge in [-0.25, -0.2) is 0 Å². The summed E-state index contributed by atoms with van der Waals surface area (Å²) in [7, 11) is 0. The molecule has 0 fully saturated rings. The van der Waals surface area contributed by atoms with Gasteiger partial charge in [-0.2, -0.15) is 0 Å². The number of alkyl halides is 3. The minimum absolute atomic E-state index is 0.211. The normalized spacial score (nSPS) is 10.6. The Labute approximate surface area is 112 Å². The summed E-state index contributed by atoms with van der Waals surface area (Å²) in [5.74, 6) is -0.818. The van der Waals surface area contributed by atoms with Crippen molar-refractivity contribution in [2.45, 2.75) is 12.8 Å². The van der Waals surface area contributed by atoms with Gasteiger partial charge in [0.2, 0.25) is 0 Å². The van der Waals surface area contributed by atoms with Crippen molar-refractivity contribution in [3.05, 3.63) is 40.3 Å². The molecule has 0 atom stereocenters. The van der Waals surface area contributed by atoms with Gasteiger partial charge in [0.05, 0.1) is 0 Å². The average Bonchev–Trinajstić information content (AvgIpc) is 2.37. The summed E-state index contributed by atoms with van der Waals surface area (Å²) in [6.07, 6.45) is -4.28. The second kappa shape index (κ2) is 7.25. The molecule has 1 aromatic rings. The van der Waals surface area contributed by atoms with Crippen molar-refractivity contribution in [3.8, 4) is 5.75 Å². The molecule has 1 amide bonds. The molecule has 9 heteroatoms. The van der Waals surface area contributed by atoms with E-state index in [1.807, 2.05) is 0 Å². The van der Waals surface area contributed by atoms with Crippen LogP contribution in [-0.2, 0) is 0 Å². The molecule has 0 radical (unpaired) electrons. The highest BCUT2D eigenvalue weighted by atomic mass is 19.4. The van der Waals surface area contributed by atoms with Gasteiger partial charge in [0, 0.05) is 23.6 Å². The molecule has 0 aromatic heterocycles. The Morgan fingerprint density at radius 3 is 2.55 bits per heavy atom. The molecular weight excluding hydrogens is 277 g/mol. The molecule has 0 unspecified atom stereocenters. The van der Waals surface area contributed by atoms with Crippen molar-refractivity contribution >= 4 is 5.91 Å². The van der Waals surface area contributed by atoms with Gasteiger partial charge in [0.15, 0.2) is 0 Å². The summed E-state index contributed by atoms with van der Waals surface area (Å²) in [5.41, 5.74) is 8.25. The number of hydrogen-bond donors (Lipinski definition) is 1. The molecule has 6 nitrogen and oxygen atoms in total. The van der Waals surface area contributed by atoms with Crippen molar-refractivity contribution in [1.29, 1.82) is 0 Å². The molecule has 0 aliphatic heterocycles. The quantitative estimate of drug-likeness (QED) is 0.377. The summed E-state index contributed by atoms with van der Waals surface area (Å²) in [4.78, 5) is 14.2. The number of nitrogens with one attached hydrogen (secondary N) is 1. The van der Waals surface area contributed by atoms with Crippen molar-refractivity contribution < 1.29 is 22.7 Å². The van der Waals surface area contributed by atoms with Crippen LogP contribution in [0.1, 0.15) is 16.8 Å². The van der Waals surface area contributed by atoms with Gasteiger partial charge >= 0.3 is 6.36 Å². The van der Waals surface area contributed by atoms with Crippen LogP contribution < -0.4 is 10.1 Å². The Kier molecular flexibility index (Phi) is 5.67. The van der Waals surface area contributed by atoms with E-state index in [1.54, 1.807) is 0 Å². The van der Waals surface area contributed by atoms with Crippen LogP contribution in [-0.4, -0.2) is 25.4 Å². The van der Waals surface area contributed by atoms with Crippen molar-refractivity contribution in [2.75, 3.05) is 13.1 Å². The second-order valence-electron chi connectivity index (χ2n) is 3.64. The Morgan fingerprint density at radius 2 is 2.00 bits per heavy atom. The van der Waals surface area contributed by atoms with Crippen molar-refractivity contribution in [2.24, 2.45) is 5.11 Å². The molecule has 0 bridgehead atoms. The van der Waals surface area contributed by atoms with E-state index in [-0.39, 0.29) is 12.1 Å². The van der Waals surface area contributed by atoms with Gasteiger partial charge in [-0.05, 0) is 36.2 Å². The Morgan fingerprint density at radius 1 is 1.35 bits per heavy atom. The van der Waals surface area contributed by atoms with Gasteiger partial charge < -0.3 is 10.1 Å². The zero-order valence-electron chi connectivity index (χ0n) is 10.2. The number of halogens is 3. The maximum Gasteiger partial charge on any atom is 0.573 e. The number of carbonyl (C=O) groups excluding carboxylic acids is 1. The molecule has 1 aromatic carbocycles. The van der Waals surface area contributed by atoms with Crippen LogP contribution in [0.5, 0.6) is 5.75 Å². The zero-order valence-corrected chi connectivity index (χ0v) is 10.2. The third-order valence-electron chi connectivity index (χ3n) is 2.13. The first-order chi connectivity index (χ1) is 9.42. The van der Waals surface area contributed by atoms with E-state index in [9.17, 15) is 18.0 Å². The first-order valence-electron chi connectivity index (χ1n) is 5.57. The molecule has 108 valence electrons. The number of rotatable bonds is 6. The molecule has 0 heterocycles. The Hall–Kier alpha value is -2.41. The van der Waals surface area contributed by atoms with Crippen LogP contribution in [0.3, 0.4) is 0 Å². The first-order valence-corrected chi connectivity index (χ1v) is 5.57. The topological polar surface area (TPSA) is 87.1 Å². The highest BCUT2D eigenvalue weighted by Gasteiger charge is 2.31. The van der Waals surface area contributed by atoms with Crippen LogP contribution in [0.15, 0.2) is 29.4 Å². The van der Waals surface area contributed by atoms with E-state index in [0.717, 1.165) is 12.1 Å². The monoisotopic (exact) mass is 288 g/mol. The molecule has 1 rings (SSSR count). The Balaban J connectivity index is 2.47. The molecule has 0 saturated heterocycles. The fourth-order valence-corrected chi connectivity index (χ4v) is 1.31. The summed E-state index contributed by atoms with van der Waals surface area (Å²) < 4.78 is 39.5. The van der Waals surface area contributed by atoms with Crippen molar-refractivity contribution in [1.82, 2.24) is 5.32 Å². The lowest BCUT2D eigenvalue weighted by Crippen LogP contribution is -2.24. The fourth-order valence-electron chi connectivity index (χ4n) is 1.31. The van der Waals surface area contributed by atoms with Gasteiger partial charge in [0.25, 0.3) is 5.91 Å². The van der Waals surface area contributed by atoms with Gasteiger partial charge in [0.1, 0.15) is 5.75 Å². The summed E-state index contributed by atoms with van der Waals surface area (Å²) in [6.45, 7) is 0.563. The molecule has 0 aliphatic carbocycles. The third-order valence-corrected chi connectivity index (χ3v) is 2.13. The third kappa shape index (κ3) is 5.96. The molecule has 0 spiro atoms. The van der Waals surface area contributed by atoms with Gasteiger partial charge in [-0.15, -0.1) is 13.2 Å². The second-order valence-corrected chi connectivity index (χ2v) is 3.64.